The summed E-state index contributed by atoms with van der Waals surface area (Å²) in [5.41, 5.74) is 4.54. The van der Waals surface area contributed by atoms with E-state index in [-0.39, 0.29) is 5.56 Å². The molecule has 0 fully saturated rings. The molecule has 136 valence electrons. The average molecular weight is 361 g/mol. The maximum Gasteiger partial charge on any atom is 0.352 e. The quantitative estimate of drug-likeness (QED) is 0.406. The number of fused-ring (bicyclic) bond motifs is 2. The number of nitrogens with zero attached hydrogens (tertiary/aromatic N) is 4. The zero-order chi connectivity index (χ0) is 19.3. The zero-order valence-electron chi connectivity index (χ0n) is 15.9. The second kappa shape index (κ2) is 6.16. The summed E-state index contributed by atoms with van der Waals surface area (Å²) in [6.45, 7) is 6.70. The first-order valence-corrected chi connectivity index (χ1v) is 8.96. The van der Waals surface area contributed by atoms with Gasteiger partial charge in [-0.25, -0.2) is 4.79 Å². The van der Waals surface area contributed by atoms with Crippen molar-refractivity contribution < 1.29 is 4.57 Å². The highest BCUT2D eigenvalue weighted by atomic mass is 16.2. The number of rotatable bonds is 2. The summed E-state index contributed by atoms with van der Waals surface area (Å²) in [5.74, 6) is 0.381. The van der Waals surface area contributed by atoms with E-state index in [1.165, 1.54) is 7.05 Å². The Morgan fingerprint density at radius 1 is 1.04 bits per heavy atom. The largest absolute Gasteiger partial charge is 0.352 e. The van der Waals surface area contributed by atoms with Crippen LogP contribution in [0.1, 0.15) is 18.1 Å². The van der Waals surface area contributed by atoms with Gasteiger partial charge in [0.05, 0.1) is 0 Å². The van der Waals surface area contributed by atoms with Crippen molar-refractivity contribution in [1.29, 1.82) is 0 Å². The van der Waals surface area contributed by atoms with Crippen molar-refractivity contribution in [3.8, 4) is 17.2 Å². The Balaban J connectivity index is 2.37. The molecule has 6 heteroatoms. The molecule has 2 aliphatic heterocycles. The molecule has 0 radical (unpaired) electrons. The number of hydrogen-bond donors (Lipinski definition) is 0. The van der Waals surface area contributed by atoms with Crippen LogP contribution in [0, 0.1) is 13.8 Å². The first-order chi connectivity index (χ1) is 12.9. The number of para-hydroxylation sites is 1. The van der Waals surface area contributed by atoms with E-state index in [9.17, 15) is 9.59 Å². The van der Waals surface area contributed by atoms with Gasteiger partial charge in [0, 0.05) is 18.8 Å². The van der Waals surface area contributed by atoms with Gasteiger partial charge in [-0.1, -0.05) is 18.2 Å². The van der Waals surface area contributed by atoms with Crippen LogP contribution in [0.4, 0.5) is 0 Å². The summed E-state index contributed by atoms with van der Waals surface area (Å²) in [4.78, 5) is 29.6. The number of benzene rings is 2. The van der Waals surface area contributed by atoms with Crippen LogP contribution in [-0.4, -0.2) is 14.1 Å². The summed E-state index contributed by atoms with van der Waals surface area (Å²) in [6.07, 6.45) is 0. The molecule has 2 aliphatic rings. The molecule has 0 bridgehead atoms. The standard InChI is InChI=1S/C21H21N4O2/c1-5-24-16-11-13(2)14(3)12-17(16)25(15-9-7-6-8-10-15)19-18(24)20(26)23(4)21(27)22-19/h6-12H,5H2,1-4H3/q+1. The lowest BCUT2D eigenvalue weighted by Crippen LogP contribution is -2.48. The SMILES string of the molecule is CC[n+]1c2c(=O)n(C)c(=O)nc-2n(-c2ccccc2)c2cc(C)c(C)cc21. The minimum atomic E-state index is -0.553. The van der Waals surface area contributed by atoms with Crippen molar-refractivity contribution in [3.63, 3.8) is 0 Å². The van der Waals surface area contributed by atoms with Gasteiger partial charge in [0.2, 0.25) is 11.3 Å². The monoisotopic (exact) mass is 361 g/mol. The molecule has 2 aromatic rings. The van der Waals surface area contributed by atoms with Crippen LogP contribution in [0.3, 0.4) is 0 Å². The normalized spacial score (nSPS) is 11.4. The molecule has 0 unspecified atom stereocenters. The Kier molecular flexibility index (Phi) is 3.91. The molecule has 0 aliphatic carbocycles. The minimum Gasteiger partial charge on any atom is -0.283 e. The van der Waals surface area contributed by atoms with E-state index in [0.29, 0.717) is 18.1 Å². The second-order valence-corrected chi connectivity index (χ2v) is 6.77. The molecule has 0 N–H and O–H groups in total. The van der Waals surface area contributed by atoms with Gasteiger partial charge in [0.1, 0.15) is 12.1 Å². The lowest BCUT2D eigenvalue weighted by molar-refractivity contribution is -0.658. The van der Waals surface area contributed by atoms with Crippen molar-refractivity contribution in [1.82, 2.24) is 14.1 Å². The maximum absolute atomic E-state index is 13.0. The molecule has 0 saturated carbocycles. The fraction of sp³-hybridized carbons (Fsp3) is 0.238. The number of aryl methyl sites for hydroxylation is 3. The summed E-state index contributed by atoms with van der Waals surface area (Å²) in [5, 5.41) is 0. The molecule has 2 aromatic carbocycles. The van der Waals surface area contributed by atoms with E-state index >= 15 is 0 Å². The van der Waals surface area contributed by atoms with Crippen molar-refractivity contribution in [2.24, 2.45) is 7.05 Å². The lowest BCUT2D eigenvalue weighted by Gasteiger charge is -2.18. The topological polar surface area (TPSA) is 60.8 Å². The Labute approximate surface area is 156 Å². The molecule has 0 aromatic heterocycles. The van der Waals surface area contributed by atoms with E-state index in [1.54, 1.807) is 0 Å². The van der Waals surface area contributed by atoms with Crippen LogP contribution in [0.15, 0.2) is 52.1 Å². The van der Waals surface area contributed by atoms with Gasteiger partial charge in [0.25, 0.3) is 0 Å². The van der Waals surface area contributed by atoms with Gasteiger partial charge in [0.15, 0.2) is 0 Å². The molecule has 4 rings (SSSR count). The maximum atomic E-state index is 13.0. The van der Waals surface area contributed by atoms with Crippen molar-refractivity contribution in [2.45, 2.75) is 27.3 Å². The fourth-order valence-electron chi connectivity index (χ4n) is 3.53. The van der Waals surface area contributed by atoms with Crippen molar-refractivity contribution >= 4 is 11.0 Å². The Morgan fingerprint density at radius 2 is 1.70 bits per heavy atom. The molecule has 0 atom stereocenters. The van der Waals surface area contributed by atoms with E-state index in [1.807, 2.05) is 46.4 Å². The molecular formula is C21H21N4O2+. The highest BCUT2D eigenvalue weighted by Crippen LogP contribution is 2.26. The van der Waals surface area contributed by atoms with Crippen LogP contribution < -0.4 is 15.8 Å². The molecule has 0 amide bonds. The van der Waals surface area contributed by atoms with E-state index < -0.39 is 5.69 Å². The zero-order valence-corrected chi connectivity index (χ0v) is 15.9. The average Bonchev–Trinajstić information content (AvgIpc) is 2.66. The third-order valence-electron chi connectivity index (χ3n) is 5.14. The van der Waals surface area contributed by atoms with Gasteiger partial charge < -0.3 is 0 Å². The third-order valence-corrected chi connectivity index (χ3v) is 5.14. The highest BCUT2D eigenvalue weighted by Gasteiger charge is 2.31. The molecular weight excluding hydrogens is 340 g/mol. The van der Waals surface area contributed by atoms with Gasteiger partial charge in [-0.15, -0.1) is 0 Å². The lowest BCUT2D eigenvalue weighted by atomic mass is 10.1. The van der Waals surface area contributed by atoms with Gasteiger partial charge >= 0.3 is 16.9 Å². The van der Waals surface area contributed by atoms with Crippen LogP contribution in [-0.2, 0) is 13.6 Å². The summed E-state index contributed by atoms with van der Waals surface area (Å²) < 4.78 is 4.92. The molecule has 6 nitrogen and oxygen atoms in total. The predicted octanol–water partition coefficient (Wildman–Crippen LogP) is 2.11. The summed E-state index contributed by atoms with van der Waals surface area (Å²) in [7, 11) is 1.47. The van der Waals surface area contributed by atoms with E-state index in [2.05, 4.69) is 31.0 Å². The van der Waals surface area contributed by atoms with Crippen molar-refractivity contribution in [3.05, 3.63) is 74.4 Å². The molecule has 0 spiro atoms. The van der Waals surface area contributed by atoms with Crippen molar-refractivity contribution in [2.75, 3.05) is 0 Å². The highest BCUT2D eigenvalue weighted by molar-refractivity contribution is 5.79. The molecule has 2 heterocycles. The van der Waals surface area contributed by atoms with Gasteiger partial charge in [-0.05, 0) is 50.1 Å². The molecule has 0 saturated heterocycles. The van der Waals surface area contributed by atoms with E-state index in [0.717, 1.165) is 32.4 Å². The van der Waals surface area contributed by atoms with Crippen LogP contribution in [0.5, 0.6) is 0 Å². The smallest absolute Gasteiger partial charge is 0.283 e. The first-order valence-electron chi connectivity index (χ1n) is 8.96. The third kappa shape index (κ3) is 2.48. The Bertz CT molecular complexity index is 1270. The Hall–Kier alpha value is -3.28. The second-order valence-electron chi connectivity index (χ2n) is 6.77. The summed E-state index contributed by atoms with van der Waals surface area (Å²) >= 11 is 0. The molecule has 27 heavy (non-hydrogen) atoms. The minimum absolute atomic E-state index is 0.336. The predicted molar refractivity (Wildman–Crippen MR) is 105 cm³/mol. The first kappa shape index (κ1) is 17.1. The Morgan fingerprint density at radius 3 is 2.37 bits per heavy atom. The van der Waals surface area contributed by atoms with E-state index in [4.69, 9.17) is 0 Å². The number of hydrogen-bond acceptors (Lipinski definition) is 3. The van der Waals surface area contributed by atoms with Gasteiger partial charge in [-0.2, -0.15) is 9.55 Å². The van der Waals surface area contributed by atoms with Crippen LogP contribution in [0.2, 0.25) is 0 Å². The fourth-order valence-corrected chi connectivity index (χ4v) is 3.53. The van der Waals surface area contributed by atoms with Gasteiger partial charge in [-0.3, -0.25) is 13.9 Å². The summed E-state index contributed by atoms with van der Waals surface area (Å²) in [6, 6.07) is 13.9. The number of aromatic nitrogens is 4. The van der Waals surface area contributed by atoms with Crippen LogP contribution in [0.25, 0.3) is 28.2 Å². The van der Waals surface area contributed by atoms with Crippen LogP contribution >= 0.6 is 0 Å².